The molecule has 0 bridgehead atoms. The lowest BCUT2D eigenvalue weighted by Gasteiger charge is -2.03. The van der Waals surface area contributed by atoms with Crippen molar-refractivity contribution in [1.29, 1.82) is 0 Å². The van der Waals surface area contributed by atoms with E-state index >= 15 is 0 Å². The Morgan fingerprint density at radius 1 is 1.53 bits per heavy atom. The first kappa shape index (κ1) is 13.8. The van der Waals surface area contributed by atoms with Crippen LogP contribution in [0.5, 0.6) is 0 Å². The molecule has 5 nitrogen and oxygen atoms in total. The maximum absolute atomic E-state index is 11.3. The Bertz CT molecular complexity index is 433. The monoisotopic (exact) mass is 301 g/mol. The zero-order valence-corrected chi connectivity index (χ0v) is 10.9. The van der Waals surface area contributed by atoms with Gasteiger partial charge in [0, 0.05) is 30.1 Å². The lowest BCUT2D eigenvalue weighted by atomic mass is 10.1. The van der Waals surface area contributed by atoms with E-state index in [4.69, 9.17) is 4.74 Å². The van der Waals surface area contributed by atoms with Gasteiger partial charge in [-0.05, 0) is 12.0 Å². The van der Waals surface area contributed by atoms with E-state index in [1.807, 2.05) is 0 Å². The van der Waals surface area contributed by atoms with Crippen molar-refractivity contribution < 1.29 is 14.5 Å². The highest BCUT2D eigenvalue weighted by atomic mass is 79.9. The normalized spacial score (nSPS) is 10.2. The first-order chi connectivity index (χ1) is 8.04. The lowest BCUT2D eigenvalue weighted by Crippen LogP contribution is -2.07. The third-order valence-corrected chi connectivity index (χ3v) is 2.96. The quantitative estimate of drug-likeness (QED) is 0.598. The molecule has 92 valence electrons. The van der Waals surface area contributed by atoms with Crippen LogP contribution in [-0.4, -0.2) is 24.4 Å². The largest absolute Gasteiger partial charge is 0.377 e. The zero-order valence-electron chi connectivity index (χ0n) is 9.31. The van der Waals surface area contributed by atoms with Gasteiger partial charge >= 0.3 is 0 Å². The average Bonchev–Trinajstić information content (AvgIpc) is 2.27. The molecule has 0 aliphatic heterocycles. The number of carbonyl (C=O) groups excluding carboxylic acids is 1. The third kappa shape index (κ3) is 4.24. The molecule has 0 spiro atoms. The molecule has 0 radical (unpaired) electrons. The molecule has 0 aromatic heterocycles. The molecule has 0 saturated carbocycles. The Morgan fingerprint density at radius 2 is 2.24 bits per heavy atom. The Hall–Kier alpha value is -1.27. The van der Waals surface area contributed by atoms with Crippen molar-refractivity contribution in [3.63, 3.8) is 0 Å². The third-order valence-electron chi connectivity index (χ3n) is 2.23. The highest BCUT2D eigenvalue weighted by Gasteiger charge is 2.10. The van der Waals surface area contributed by atoms with Crippen molar-refractivity contribution in [2.24, 2.45) is 0 Å². The molecule has 0 saturated heterocycles. The summed E-state index contributed by atoms with van der Waals surface area (Å²) >= 11 is 3.26. The molecule has 0 N–H and O–H groups in total. The van der Waals surface area contributed by atoms with Crippen molar-refractivity contribution in [1.82, 2.24) is 0 Å². The van der Waals surface area contributed by atoms with E-state index in [0.29, 0.717) is 17.3 Å². The lowest BCUT2D eigenvalue weighted by molar-refractivity contribution is -0.384. The van der Waals surface area contributed by atoms with Gasteiger partial charge in [0.15, 0.2) is 5.78 Å². The molecule has 0 atom stereocenters. The second-order valence-corrected chi connectivity index (χ2v) is 4.36. The number of nitrogens with zero attached hydrogens (tertiary/aromatic N) is 1. The molecule has 6 heteroatoms. The minimum Gasteiger partial charge on any atom is -0.377 e. The van der Waals surface area contributed by atoms with E-state index in [1.54, 1.807) is 6.07 Å². The molecule has 1 aromatic carbocycles. The summed E-state index contributed by atoms with van der Waals surface area (Å²) in [5.74, 6) is 0.0118. The predicted molar refractivity (Wildman–Crippen MR) is 66.0 cm³/mol. The van der Waals surface area contributed by atoms with Crippen LogP contribution in [0.4, 0.5) is 5.69 Å². The van der Waals surface area contributed by atoms with Crippen molar-refractivity contribution in [3.05, 3.63) is 38.3 Å². The molecule has 0 heterocycles. The highest BCUT2D eigenvalue weighted by molar-refractivity contribution is 9.10. The average molecular weight is 302 g/mol. The molecule has 0 fully saturated rings. The number of ether oxygens (including phenoxy) is 1. The van der Waals surface area contributed by atoms with Gasteiger partial charge in [-0.1, -0.05) is 22.0 Å². The Kier molecular flexibility index (Phi) is 5.24. The maximum atomic E-state index is 11.3. The van der Waals surface area contributed by atoms with Gasteiger partial charge in [0.1, 0.15) is 6.61 Å². The Balaban J connectivity index is 2.66. The number of aryl methyl sites for hydroxylation is 1. The number of hydrogen-bond donors (Lipinski definition) is 0. The van der Waals surface area contributed by atoms with E-state index < -0.39 is 4.92 Å². The summed E-state index contributed by atoms with van der Waals surface area (Å²) in [6.45, 7) is 0.102. The van der Waals surface area contributed by atoms with Crippen LogP contribution in [0.15, 0.2) is 22.7 Å². The summed E-state index contributed by atoms with van der Waals surface area (Å²) in [5.41, 5.74) is 0.906. The first-order valence-electron chi connectivity index (χ1n) is 4.98. The van der Waals surface area contributed by atoms with Crippen molar-refractivity contribution in [2.75, 3.05) is 13.7 Å². The van der Waals surface area contributed by atoms with Gasteiger partial charge in [0.2, 0.25) is 0 Å². The summed E-state index contributed by atoms with van der Waals surface area (Å²) in [4.78, 5) is 21.3. The first-order valence-corrected chi connectivity index (χ1v) is 5.77. The number of carbonyl (C=O) groups is 1. The number of benzene rings is 1. The summed E-state index contributed by atoms with van der Waals surface area (Å²) in [6, 6.07) is 4.53. The molecular formula is C11H12BrNO4. The van der Waals surface area contributed by atoms with E-state index in [-0.39, 0.29) is 18.1 Å². The van der Waals surface area contributed by atoms with Crippen molar-refractivity contribution >= 4 is 27.4 Å². The SMILES string of the molecule is COCC(=O)CCc1ccc([N+](=O)[O-])cc1Br. The summed E-state index contributed by atoms with van der Waals surface area (Å²) in [6.07, 6.45) is 0.908. The van der Waals surface area contributed by atoms with Crippen LogP contribution in [0, 0.1) is 10.1 Å². The van der Waals surface area contributed by atoms with Crippen LogP contribution in [0.1, 0.15) is 12.0 Å². The van der Waals surface area contributed by atoms with Crippen molar-refractivity contribution in [2.45, 2.75) is 12.8 Å². The summed E-state index contributed by atoms with van der Waals surface area (Å²) < 4.78 is 5.37. The van der Waals surface area contributed by atoms with E-state index in [2.05, 4.69) is 15.9 Å². The standard InChI is InChI=1S/C11H12BrNO4/c1-17-7-10(14)5-3-8-2-4-9(13(15)16)6-11(8)12/h2,4,6H,3,5,7H2,1H3. The summed E-state index contributed by atoms with van der Waals surface area (Å²) in [5, 5.41) is 10.5. The van der Waals surface area contributed by atoms with Gasteiger partial charge in [0.25, 0.3) is 5.69 Å². The maximum Gasteiger partial charge on any atom is 0.270 e. The zero-order chi connectivity index (χ0) is 12.8. The number of ketones is 1. The molecule has 1 aromatic rings. The minimum absolute atomic E-state index is 0.0118. The number of Topliss-reactive ketones (excluding diaryl/α,β-unsaturated/α-hetero) is 1. The second kappa shape index (κ2) is 6.46. The summed E-state index contributed by atoms with van der Waals surface area (Å²) in [7, 11) is 1.47. The molecular weight excluding hydrogens is 290 g/mol. The van der Waals surface area contributed by atoms with Gasteiger partial charge < -0.3 is 4.74 Å². The van der Waals surface area contributed by atoms with E-state index in [0.717, 1.165) is 5.56 Å². The van der Waals surface area contributed by atoms with Crippen LogP contribution in [-0.2, 0) is 16.0 Å². The Labute approximate surface area is 107 Å². The molecule has 1 rings (SSSR count). The second-order valence-electron chi connectivity index (χ2n) is 3.50. The van der Waals surface area contributed by atoms with Crippen LogP contribution in [0.3, 0.4) is 0 Å². The highest BCUT2D eigenvalue weighted by Crippen LogP contribution is 2.23. The van der Waals surface area contributed by atoms with Gasteiger partial charge in [0.05, 0.1) is 4.92 Å². The van der Waals surface area contributed by atoms with Crippen LogP contribution in [0.2, 0.25) is 0 Å². The number of non-ortho nitro benzene ring substituents is 1. The number of halogens is 1. The van der Waals surface area contributed by atoms with Crippen LogP contribution >= 0.6 is 15.9 Å². The number of nitro benzene ring substituents is 1. The minimum atomic E-state index is -0.454. The number of methoxy groups -OCH3 is 1. The van der Waals surface area contributed by atoms with Crippen molar-refractivity contribution in [3.8, 4) is 0 Å². The van der Waals surface area contributed by atoms with E-state index in [9.17, 15) is 14.9 Å². The molecule has 0 amide bonds. The van der Waals surface area contributed by atoms with Gasteiger partial charge in [-0.25, -0.2) is 0 Å². The Morgan fingerprint density at radius 3 is 2.76 bits per heavy atom. The predicted octanol–water partition coefficient (Wildman–Crippen LogP) is 2.51. The molecule has 0 aliphatic carbocycles. The number of hydrogen-bond acceptors (Lipinski definition) is 4. The van der Waals surface area contributed by atoms with Gasteiger partial charge in [-0.15, -0.1) is 0 Å². The fourth-order valence-electron chi connectivity index (χ4n) is 1.36. The molecule has 17 heavy (non-hydrogen) atoms. The van der Waals surface area contributed by atoms with Crippen LogP contribution in [0.25, 0.3) is 0 Å². The molecule has 0 unspecified atom stereocenters. The fourth-order valence-corrected chi connectivity index (χ4v) is 1.92. The number of rotatable bonds is 6. The van der Waals surface area contributed by atoms with Gasteiger partial charge in [-0.3, -0.25) is 14.9 Å². The van der Waals surface area contributed by atoms with Gasteiger partial charge in [-0.2, -0.15) is 0 Å². The smallest absolute Gasteiger partial charge is 0.270 e. The number of nitro groups is 1. The fraction of sp³-hybridized carbons (Fsp3) is 0.364. The van der Waals surface area contributed by atoms with E-state index in [1.165, 1.54) is 19.2 Å². The van der Waals surface area contributed by atoms with Crippen LogP contribution < -0.4 is 0 Å². The topological polar surface area (TPSA) is 69.4 Å². The molecule has 0 aliphatic rings.